The predicted molar refractivity (Wildman–Crippen MR) is 497 cm³/mol. The maximum absolute atomic E-state index is 15.7. The SMILES string of the molecule is CCCC[C@H]1C(=O)N(C)[C@@H](CCCC)C(=O)N[C@@H](CCCNC(=N)N)C(=O)N[C@H](C(=O)NCC(N)=O)CSCC(=O)N[C@@H](Cc2ccc(OC)cc2)C(=O)N(C)[C@@H](C)C(=O)N[C@@H](CC(N)=O)C(=O)N2CCC[C@H]2C(=O)N[C@@H](Cc2cnc[nH]2)C(=O)N[C@@H](CC(C)C)C(=O)N(C)CC(=O)C[C@@H](Cc2c[nH]c3ccccc23)C(=O)N[C@@H](CO)C(=O)N[C@@H](Cc2c[nH]c3ccccc23)C(=O)N1C. The Balaban J connectivity index is 1.19. The Kier molecular flexibility index (Phi) is 40.7. The van der Waals surface area contributed by atoms with E-state index in [0.29, 0.717) is 75.6 Å². The highest BCUT2D eigenvalue weighted by Gasteiger charge is 2.44. The van der Waals surface area contributed by atoms with Crippen LogP contribution in [0.2, 0.25) is 0 Å². The number of benzene rings is 3. The lowest BCUT2D eigenvalue weighted by atomic mass is 9.92. The van der Waals surface area contributed by atoms with Gasteiger partial charge in [-0.3, -0.25) is 86.9 Å². The summed E-state index contributed by atoms with van der Waals surface area (Å²) in [6, 6.07) is 2.58. The number of methoxy groups -OCH3 is 1. The summed E-state index contributed by atoms with van der Waals surface area (Å²) in [5.74, 6) is -17.7. The number of guanidine groups is 1. The number of amides is 16. The number of nitrogens with zero attached hydrogens (tertiary/aromatic N) is 6. The number of hydrogen-bond acceptors (Lipinski definition) is 22. The van der Waals surface area contributed by atoms with Gasteiger partial charge in [0.25, 0.3) is 0 Å². The van der Waals surface area contributed by atoms with Gasteiger partial charge in [0, 0.05) is 125 Å². The maximum Gasteiger partial charge on any atom is 0.246 e. The molecular weight excluding hydrogens is 1750 g/mol. The molecule has 0 aliphatic carbocycles. The molecule has 3 aromatic carbocycles. The molecule has 42 nitrogen and oxygen atoms in total. The first-order chi connectivity index (χ1) is 63.8. The molecule has 2 fully saturated rings. The standard InChI is InChI=1S/C91H129N23O19S/c1-11-13-26-72-84(126)103-64(25-19-33-97-91(94)95)81(123)109-71(80(122)100-45-76(93)118)48-134-49-77(119)102-67(36-53-29-31-59(133-10)32-30-53)87(129)111(7)52(5)78(120)105-69(41-75(92)117)89(131)114-34-20-28-73(114)85(127)104-65(40-57-44-96-50-101-57)82(124)106-66(35-51(3)4)86(128)110(6)46-58(116)38-54(37-55-42-98-62-23-17-15-21-60(55)62)79(121)108-70(47-115)83(125)107-68(39-56-43-99-63-24-18-16-22-61(56)63)88(130)113(9)74(27-14-12-2)90(132)112(72)8/h15-18,21-24,29-32,42-44,50-52,54,64-74,98-99,115H,11-14,19-20,25-28,33-41,45-49H2,1-10H3,(H2,92,117)(H2,93,118)(H,96,101)(H,100,122)(H,102,119)(H,103,126)(H,104,127)(H,105,120)(H,106,124)(H,107,125)(H,108,121)(H,109,123)(H4,94,95,97)/t52-,54+,64-,65-,66-,67-,68-,69-,70-,71-,72-,73-,74-/m0/s1. The molecule has 0 unspecified atom stereocenters. The zero-order valence-corrected chi connectivity index (χ0v) is 78.2. The fourth-order valence-corrected chi connectivity index (χ4v) is 17.1. The van der Waals surface area contributed by atoms with Crippen LogP contribution < -0.4 is 75.1 Å². The molecule has 0 saturated carbocycles. The second kappa shape index (κ2) is 51.5. The molecular formula is C91H129N23O19S. The molecule has 21 N–H and O–H groups in total. The fourth-order valence-electron chi connectivity index (χ4n) is 16.2. The number of unbranched alkanes of at least 4 members (excludes halogenated alkanes) is 2. The number of aliphatic hydroxyl groups excluding tert-OH is 1. The summed E-state index contributed by atoms with van der Waals surface area (Å²) in [6.07, 6.45) is 5.56. The Morgan fingerprint density at radius 3 is 1.76 bits per heavy atom. The molecule has 0 bridgehead atoms. The minimum absolute atomic E-state index is 0.00181. The molecule has 43 heteroatoms. The van der Waals surface area contributed by atoms with Gasteiger partial charge in [-0.15, -0.1) is 11.8 Å². The van der Waals surface area contributed by atoms with Crippen LogP contribution in [0.25, 0.3) is 21.8 Å². The van der Waals surface area contributed by atoms with Gasteiger partial charge in [0.05, 0.1) is 45.3 Å². The molecule has 13 atom stereocenters. The number of H-pyrrole nitrogens is 3. The van der Waals surface area contributed by atoms with Gasteiger partial charge in [-0.25, -0.2) is 4.98 Å². The van der Waals surface area contributed by atoms with E-state index in [9.17, 15) is 62.6 Å². The number of ether oxygens (including phenoxy) is 1. The minimum Gasteiger partial charge on any atom is -0.497 e. The second-order valence-corrected chi connectivity index (χ2v) is 35.4. The van der Waals surface area contributed by atoms with Crippen molar-refractivity contribution < 1.29 is 91.4 Å². The van der Waals surface area contributed by atoms with Crippen molar-refractivity contribution >= 4 is 140 Å². The molecule has 728 valence electrons. The van der Waals surface area contributed by atoms with E-state index >= 15 is 24.0 Å². The van der Waals surface area contributed by atoms with Crippen molar-refractivity contribution in [2.45, 2.75) is 216 Å². The molecule has 16 amide bonds. The molecule has 2 aliphatic heterocycles. The van der Waals surface area contributed by atoms with E-state index < -0.39 is 229 Å². The highest BCUT2D eigenvalue weighted by molar-refractivity contribution is 8.00. The summed E-state index contributed by atoms with van der Waals surface area (Å²) in [7, 11) is 6.73. The lowest BCUT2D eigenvalue weighted by Crippen LogP contribution is -2.61. The van der Waals surface area contributed by atoms with Gasteiger partial charge in [-0.05, 0) is 105 Å². The van der Waals surface area contributed by atoms with Gasteiger partial charge in [-0.2, -0.15) is 0 Å². The number of fused-ring (bicyclic) bond motifs is 3. The average molecular weight is 1880 g/mol. The van der Waals surface area contributed by atoms with Crippen LogP contribution in [-0.4, -0.2) is 308 Å². The number of thioether (sulfide) groups is 1. The summed E-state index contributed by atoms with van der Waals surface area (Å²) < 4.78 is 5.35. The van der Waals surface area contributed by atoms with Crippen molar-refractivity contribution in [2.75, 3.05) is 79.6 Å². The largest absolute Gasteiger partial charge is 0.497 e. The summed E-state index contributed by atoms with van der Waals surface area (Å²) in [4.78, 5) is 268. The van der Waals surface area contributed by atoms with E-state index in [-0.39, 0.29) is 89.6 Å². The minimum atomic E-state index is -1.81. The third kappa shape index (κ3) is 30.5. The van der Waals surface area contributed by atoms with Crippen LogP contribution in [0.5, 0.6) is 5.75 Å². The summed E-state index contributed by atoms with van der Waals surface area (Å²) in [6.45, 7) is 6.07. The Bertz CT molecular complexity index is 5120. The van der Waals surface area contributed by atoms with Gasteiger partial charge >= 0.3 is 0 Å². The van der Waals surface area contributed by atoms with Gasteiger partial charge in [0.15, 0.2) is 11.7 Å². The number of nitrogens with one attached hydrogen (secondary N) is 14. The van der Waals surface area contributed by atoms with Crippen LogP contribution in [0.1, 0.15) is 140 Å². The van der Waals surface area contributed by atoms with E-state index in [4.69, 9.17) is 27.3 Å². The van der Waals surface area contributed by atoms with Crippen LogP contribution in [0.4, 0.5) is 0 Å². The number of nitrogens with two attached hydrogens (primary N) is 3. The first-order valence-corrected chi connectivity index (χ1v) is 46.1. The van der Waals surface area contributed by atoms with E-state index in [0.717, 1.165) is 36.3 Å². The lowest BCUT2D eigenvalue weighted by Gasteiger charge is -2.36. The highest BCUT2D eigenvalue weighted by Crippen LogP contribution is 2.28. The van der Waals surface area contributed by atoms with Crippen molar-refractivity contribution in [3.63, 3.8) is 0 Å². The Morgan fingerprint density at radius 1 is 0.582 bits per heavy atom. The quantitative estimate of drug-likeness (QED) is 0.0166. The van der Waals surface area contributed by atoms with Crippen LogP contribution in [-0.2, 0) is 107 Å². The smallest absolute Gasteiger partial charge is 0.246 e. The van der Waals surface area contributed by atoms with Gasteiger partial charge in [-0.1, -0.05) is 102 Å². The first kappa shape index (κ1) is 106. The fraction of sp³-hybridized carbons (Fsp3) is 0.527. The van der Waals surface area contributed by atoms with Crippen LogP contribution in [0.15, 0.2) is 97.7 Å². The number of ketones is 1. The molecule has 0 spiro atoms. The molecule has 2 aliphatic rings. The van der Waals surface area contributed by atoms with Gasteiger partial charge in [0.2, 0.25) is 94.5 Å². The van der Waals surface area contributed by atoms with Gasteiger partial charge < -0.3 is 120 Å². The number of primary amides is 2. The van der Waals surface area contributed by atoms with Crippen LogP contribution in [0, 0.1) is 17.2 Å². The van der Waals surface area contributed by atoms with Crippen molar-refractivity contribution in [1.29, 1.82) is 5.41 Å². The van der Waals surface area contributed by atoms with Crippen molar-refractivity contribution in [1.82, 2.24) is 97.6 Å². The molecule has 8 rings (SSSR count). The molecule has 5 heterocycles. The Hall–Kier alpha value is -13.5. The number of carbonyl (C=O) groups is 17. The number of aliphatic hydroxyl groups is 1. The summed E-state index contributed by atoms with van der Waals surface area (Å²) in [5, 5.41) is 46.9. The van der Waals surface area contributed by atoms with E-state index in [1.54, 1.807) is 99.0 Å². The molecule has 3 aromatic heterocycles. The van der Waals surface area contributed by atoms with E-state index in [1.165, 1.54) is 54.7 Å². The topological polar surface area (TPSA) is 618 Å². The molecule has 0 radical (unpaired) electrons. The normalized spacial score (nSPS) is 23.4. The third-order valence-electron chi connectivity index (χ3n) is 23.7. The number of aromatic amines is 3. The van der Waals surface area contributed by atoms with Crippen molar-refractivity contribution in [3.8, 4) is 5.75 Å². The Morgan fingerprint density at radius 2 is 1.16 bits per heavy atom. The number of imidazole rings is 1. The third-order valence-corrected chi connectivity index (χ3v) is 24.8. The zero-order chi connectivity index (χ0) is 98.2. The van der Waals surface area contributed by atoms with Gasteiger partial charge in [0.1, 0.15) is 78.3 Å². The number of hydrogen-bond donors (Lipinski definition) is 18. The highest BCUT2D eigenvalue weighted by atomic mass is 32.2. The maximum atomic E-state index is 15.7. The lowest BCUT2D eigenvalue weighted by molar-refractivity contribution is -0.149. The first-order valence-electron chi connectivity index (χ1n) is 45.0. The number of carbonyl (C=O) groups excluding carboxylic acids is 17. The number of para-hydroxylation sites is 2. The number of rotatable bonds is 27. The van der Waals surface area contributed by atoms with Crippen molar-refractivity contribution in [2.24, 2.45) is 29.0 Å². The van der Waals surface area contributed by atoms with Crippen LogP contribution >= 0.6 is 11.8 Å². The second-order valence-electron chi connectivity index (χ2n) is 34.3. The molecule has 6 aromatic rings. The van der Waals surface area contributed by atoms with Crippen molar-refractivity contribution in [3.05, 3.63) is 120 Å². The predicted octanol–water partition coefficient (Wildman–Crippen LogP) is -1.04. The zero-order valence-electron chi connectivity index (χ0n) is 77.4. The molecule has 134 heavy (non-hydrogen) atoms. The summed E-state index contributed by atoms with van der Waals surface area (Å²) in [5.41, 5.74) is 20.1. The Labute approximate surface area is 781 Å². The van der Waals surface area contributed by atoms with Crippen LogP contribution in [0.3, 0.4) is 0 Å². The average Bonchev–Trinajstić information content (AvgIpc) is 1.75. The molecule has 2 saturated heterocycles. The summed E-state index contributed by atoms with van der Waals surface area (Å²) >= 11 is 0.786. The monoisotopic (exact) mass is 1880 g/mol. The number of Topliss-reactive ketones (excluding diaryl/α,β-unsaturated/α-hetero) is 1. The number of aromatic nitrogens is 4. The number of likely N-dealkylation sites (N-methyl/N-ethyl adjacent to an activating group) is 4. The van der Waals surface area contributed by atoms with E-state index in [1.807, 2.05) is 13.8 Å². The van der Waals surface area contributed by atoms with E-state index in [2.05, 4.69) is 73.1 Å².